The minimum Gasteiger partial charge on any atom is -0.351 e. The average molecular weight is 370 g/mol. The van der Waals surface area contributed by atoms with E-state index in [1.54, 1.807) is 0 Å². The van der Waals surface area contributed by atoms with Gasteiger partial charge in [-0.05, 0) is 70.1 Å². The van der Waals surface area contributed by atoms with Crippen LogP contribution >= 0.6 is 0 Å². The Labute approximate surface area is 159 Å². The SMILES string of the molecule is Cc1ccc(Nc2ncnc(N(C)C3CCN(C)CC3)c2[N+](=O)[O-])cc1C. The molecule has 27 heavy (non-hydrogen) atoms. The zero-order valence-electron chi connectivity index (χ0n) is 16.3. The molecule has 0 spiro atoms. The van der Waals surface area contributed by atoms with Gasteiger partial charge in [0.2, 0.25) is 11.6 Å². The van der Waals surface area contributed by atoms with E-state index >= 15 is 0 Å². The van der Waals surface area contributed by atoms with Gasteiger partial charge in [0.25, 0.3) is 0 Å². The molecule has 0 bridgehead atoms. The largest absolute Gasteiger partial charge is 0.353 e. The Morgan fingerprint density at radius 1 is 1.22 bits per heavy atom. The second kappa shape index (κ2) is 7.87. The maximum absolute atomic E-state index is 11.8. The van der Waals surface area contributed by atoms with Crippen LogP contribution in [-0.4, -0.2) is 53.0 Å². The fourth-order valence-electron chi connectivity index (χ4n) is 3.40. The predicted octanol–water partition coefficient (Wildman–Crippen LogP) is 3.28. The summed E-state index contributed by atoms with van der Waals surface area (Å²) in [6.07, 6.45) is 3.29. The molecule has 1 N–H and O–H groups in total. The summed E-state index contributed by atoms with van der Waals surface area (Å²) in [5, 5.41) is 14.9. The Morgan fingerprint density at radius 2 is 1.93 bits per heavy atom. The molecule has 1 aliphatic rings. The first-order valence-corrected chi connectivity index (χ1v) is 9.12. The molecular formula is C19H26N6O2. The van der Waals surface area contributed by atoms with Crippen LogP contribution in [-0.2, 0) is 0 Å². The van der Waals surface area contributed by atoms with Gasteiger partial charge in [-0.25, -0.2) is 9.97 Å². The Morgan fingerprint density at radius 3 is 2.56 bits per heavy atom. The Hall–Kier alpha value is -2.74. The molecule has 0 unspecified atom stereocenters. The zero-order valence-corrected chi connectivity index (χ0v) is 16.3. The van der Waals surface area contributed by atoms with Crippen molar-refractivity contribution in [1.82, 2.24) is 14.9 Å². The number of aryl methyl sites for hydroxylation is 2. The number of anilines is 3. The van der Waals surface area contributed by atoms with Gasteiger partial charge in [0.15, 0.2) is 0 Å². The lowest BCUT2D eigenvalue weighted by Gasteiger charge is -2.35. The molecule has 1 aromatic carbocycles. The summed E-state index contributed by atoms with van der Waals surface area (Å²) in [5.41, 5.74) is 2.96. The van der Waals surface area contributed by atoms with Crippen molar-refractivity contribution in [3.8, 4) is 0 Å². The summed E-state index contributed by atoms with van der Waals surface area (Å²) in [6.45, 7) is 5.98. The molecule has 1 aromatic heterocycles. The maximum atomic E-state index is 11.8. The smallest absolute Gasteiger partial charge is 0.351 e. The molecule has 1 fully saturated rings. The topological polar surface area (TPSA) is 87.4 Å². The second-order valence-electron chi connectivity index (χ2n) is 7.22. The van der Waals surface area contributed by atoms with Crippen LogP contribution in [0.4, 0.5) is 23.0 Å². The second-order valence-corrected chi connectivity index (χ2v) is 7.22. The van der Waals surface area contributed by atoms with Crippen molar-refractivity contribution in [2.45, 2.75) is 32.7 Å². The number of hydrogen-bond acceptors (Lipinski definition) is 7. The fourth-order valence-corrected chi connectivity index (χ4v) is 3.40. The minimum atomic E-state index is -0.399. The van der Waals surface area contributed by atoms with Crippen LogP contribution in [0.3, 0.4) is 0 Å². The van der Waals surface area contributed by atoms with E-state index in [0.717, 1.165) is 37.2 Å². The molecule has 0 radical (unpaired) electrons. The number of nitro groups is 1. The van der Waals surface area contributed by atoms with E-state index in [1.807, 2.05) is 44.0 Å². The van der Waals surface area contributed by atoms with Crippen LogP contribution in [0.2, 0.25) is 0 Å². The monoisotopic (exact) mass is 370 g/mol. The lowest BCUT2D eigenvalue weighted by Crippen LogP contribution is -2.42. The first-order chi connectivity index (χ1) is 12.9. The molecule has 1 aliphatic heterocycles. The van der Waals surface area contributed by atoms with Crippen molar-refractivity contribution in [3.63, 3.8) is 0 Å². The van der Waals surface area contributed by atoms with Crippen molar-refractivity contribution in [3.05, 3.63) is 45.8 Å². The van der Waals surface area contributed by atoms with Crippen molar-refractivity contribution in [1.29, 1.82) is 0 Å². The molecule has 0 saturated carbocycles. The van der Waals surface area contributed by atoms with Gasteiger partial charge in [0.05, 0.1) is 4.92 Å². The van der Waals surface area contributed by atoms with Crippen LogP contribution in [0.15, 0.2) is 24.5 Å². The van der Waals surface area contributed by atoms with Gasteiger partial charge in [-0.2, -0.15) is 0 Å². The number of piperidine rings is 1. The van der Waals surface area contributed by atoms with E-state index in [9.17, 15) is 10.1 Å². The van der Waals surface area contributed by atoms with E-state index in [2.05, 4.69) is 27.2 Å². The zero-order chi connectivity index (χ0) is 19.6. The highest BCUT2D eigenvalue weighted by Crippen LogP contribution is 2.35. The third-order valence-electron chi connectivity index (χ3n) is 5.33. The Bertz CT molecular complexity index is 833. The fraction of sp³-hybridized carbons (Fsp3) is 0.474. The van der Waals surface area contributed by atoms with Crippen LogP contribution in [0, 0.1) is 24.0 Å². The van der Waals surface area contributed by atoms with Gasteiger partial charge in [-0.15, -0.1) is 0 Å². The molecule has 8 heteroatoms. The lowest BCUT2D eigenvalue weighted by atomic mass is 10.0. The number of hydrogen-bond donors (Lipinski definition) is 1. The van der Waals surface area contributed by atoms with Crippen LogP contribution in [0.5, 0.6) is 0 Å². The van der Waals surface area contributed by atoms with Gasteiger partial charge in [0.1, 0.15) is 6.33 Å². The summed E-state index contributed by atoms with van der Waals surface area (Å²) in [5.74, 6) is 0.573. The molecule has 0 amide bonds. The van der Waals surface area contributed by atoms with E-state index in [0.29, 0.717) is 5.82 Å². The summed E-state index contributed by atoms with van der Waals surface area (Å²) in [7, 11) is 3.97. The average Bonchev–Trinajstić information content (AvgIpc) is 2.64. The number of likely N-dealkylation sites (tertiary alicyclic amines) is 1. The normalized spacial score (nSPS) is 15.6. The van der Waals surface area contributed by atoms with Crippen molar-refractivity contribution >= 4 is 23.0 Å². The van der Waals surface area contributed by atoms with Crippen molar-refractivity contribution in [2.24, 2.45) is 0 Å². The number of aromatic nitrogens is 2. The number of nitrogens with one attached hydrogen (secondary N) is 1. The summed E-state index contributed by atoms with van der Waals surface area (Å²) in [6, 6.07) is 6.07. The molecule has 144 valence electrons. The summed E-state index contributed by atoms with van der Waals surface area (Å²) >= 11 is 0. The minimum absolute atomic E-state index is 0.0860. The van der Waals surface area contributed by atoms with E-state index in [1.165, 1.54) is 11.9 Å². The predicted molar refractivity (Wildman–Crippen MR) is 107 cm³/mol. The molecule has 2 heterocycles. The summed E-state index contributed by atoms with van der Waals surface area (Å²) < 4.78 is 0. The quantitative estimate of drug-likeness (QED) is 0.638. The highest BCUT2D eigenvalue weighted by Gasteiger charge is 2.30. The van der Waals surface area contributed by atoms with Gasteiger partial charge in [-0.1, -0.05) is 6.07 Å². The molecule has 8 nitrogen and oxygen atoms in total. The number of benzene rings is 1. The lowest BCUT2D eigenvalue weighted by molar-refractivity contribution is -0.383. The third-order valence-corrected chi connectivity index (χ3v) is 5.33. The molecule has 0 atom stereocenters. The highest BCUT2D eigenvalue weighted by molar-refractivity contribution is 5.74. The van der Waals surface area contributed by atoms with Crippen LogP contribution < -0.4 is 10.2 Å². The maximum Gasteiger partial charge on any atom is 0.353 e. The van der Waals surface area contributed by atoms with Gasteiger partial charge in [0, 0.05) is 18.8 Å². The molecule has 1 saturated heterocycles. The van der Waals surface area contributed by atoms with Crippen LogP contribution in [0.1, 0.15) is 24.0 Å². The van der Waals surface area contributed by atoms with Crippen LogP contribution in [0.25, 0.3) is 0 Å². The van der Waals surface area contributed by atoms with E-state index < -0.39 is 4.92 Å². The molecule has 0 aliphatic carbocycles. The van der Waals surface area contributed by atoms with Gasteiger partial charge < -0.3 is 15.1 Å². The van der Waals surface area contributed by atoms with E-state index in [-0.39, 0.29) is 17.5 Å². The third kappa shape index (κ3) is 4.16. The first-order valence-electron chi connectivity index (χ1n) is 9.12. The van der Waals surface area contributed by atoms with E-state index in [4.69, 9.17) is 0 Å². The number of rotatable bonds is 5. The van der Waals surface area contributed by atoms with Gasteiger partial charge in [-0.3, -0.25) is 10.1 Å². The van der Waals surface area contributed by atoms with Crippen molar-refractivity contribution in [2.75, 3.05) is 37.4 Å². The molecule has 3 rings (SSSR count). The standard InChI is InChI=1S/C19H26N6O2/c1-13-5-6-15(11-14(13)2)22-18-17(25(26)27)19(21-12-20-18)24(4)16-7-9-23(3)10-8-16/h5-6,11-12,16H,7-10H2,1-4H3,(H,20,21,22). The van der Waals surface area contributed by atoms with Crippen molar-refractivity contribution < 1.29 is 4.92 Å². The first kappa shape index (κ1) is 19.0. The highest BCUT2D eigenvalue weighted by atomic mass is 16.6. The molecular weight excluding hydrogens is 344 g/mol. The Balaban J connectivity index is 1.92. The Kier molecular flexibility index (Phi) is 5.55. The molecule has 2 aromatic rings. The number of nitrogens with zero attached hydrogens (tertiary/aromatic N) is 5. The summed E-state index contributed by atoms with van der Waals surface area (Å²) in [4.78, 5) is 24.0. The van der Waals surface area contributed by atoms with Gasteiger partial charge >= 0.3 is 5.69 Å².